The molecule has 0 radical (unpaired) electrons. The summed E-state index contributed by atoms with van der Waals surface area (Å²) >= 11 is 0. The van der Waals surface area contributed by atoms with Crippen molar-refractivity contribution in [3.05, 3.63) is 60.2 Å². The van der Waals surface area contributed by atoms with Crippen LogP contribution in [-0.4, -0.2) is 43.2 Å². The van der Waals surface area contributed by atoms with E-state index < -0.39 is 23.2 Å². The summed E-state index contributed by atoms with van der Waals surface area (Å²) in [7, 11) is -3.43. The number of phenolic OH excluding ortho intramolecular Hbond substituents is 1. The summed E-state index contributed by atoms with van der Waals surface area (Å²) in [6.07, 6.45) is 1.31. The third-order valence-electron chi connectivity index (χ3n) is 5.51. The molecule has 1 aliphatic rings. The fourth-order valence-electron chi connectivity index (χ4n) is 3.94. The van der Waals surface area contributed by atoms with Gasteiger partial charge in [0.2, 0.25) is 0 Å². The summed E-state index contributed by atoms with van der Waals surface area (Å²) in [5.74, 6) is -0.884. The Hall–Kier alpha value is -2.82. The smallest absolute Gasteiger partial charge is 0.303 e. The van der Waals surface area contributed by atoms with Crippen LogP contribution in [0.2, 0.25) is 0 Å². The quantitative estimate of drug-likeness (QED) is 0.288. The zero-order valence-corrected chi connectivity index (χ0v) is 18.1. The Labute approximate surface area is 187 Å². The van der Waals surface area contributed by atoms with E-state index in [1.807, 2.05) is 36.4 Å². The molecule has 0 spiro atoms. The summed E-state index contributed by atoms with van der Waals surface area (Å²) < 4.78 is 23.9. The van der Waals surface area contributed by atoms with Crippen molar-refractivity contribution in [1.82, 2.24) is 4.72 Å². The Morgan fingerprint density at radius 2 is 1.81 bits per heavy atom. The minimum Gasteiger partial charge on any atom is -0.506 e. The van der Waals surface area contributed by atoms with Crippen molar-refractivity contribution < 1.29 is 29.2 Å². The van der Waals surface area contributed by atoms with Crippen molar-refractivity contribution in [2.45, 2.75) is 31.9 Å². The SMILES string of the molecule is O=C(O)CCCCc1cccc(-c2ccc3cc(O)c(N4CC(O)NS4(O)O)cc3c2)c1. The summed E-state index contributed by atoms with van der Waals surface area (Å²) in [5.41, 5.74) is 3.34. The first kappa shape index (κ1) is 22.4. The number of benzene rings is 3. The number of unbranched alkanes of at least 4 members (excludes halogenated alkanes) is 1. The number of phenols is 1. The molecule has 6 N–H and O–H groups in total. The number of aliphatic hydroxyl groups is 1. The number of nitrogens with one attached hydrogen (secondary N) is 1. The van der Waals surface area contributed by atoms with E-state index in [0.717, 1.165) is 40.3 Å². The predicted octanol–water partition coefficient (Wildman–Crippen LogP) is 4.32. The highest BCUT2D eigenvalue weighted by Crippen LogP contribution is 2.50. The number of carboxylic acids is 1. The molecule has 4 rings (SSSR count). The van der Waals surface area contributed by atoms with E-state index >= 15 is 0 Å². The lowest BCUT2D eigenvalue weighted by Crippen LogP contribution is -2.25. The van der Waals surface area contributed by atoms with Gasteiger partial charge in [-0.15, -0.1) is 0 Å². The Morgan fingerprint density at radius 1 is 1.03 bits per heavy atom. The molecule has 9 heteroatoms. The van der Waals surface area contributed by atoms with Crippen LogP contribution in [0, 0.1) is 0 Å². The lowest BCUT2D eigenvalue weighted by molar-refractivity contribution is -0.137. The lowest BCUT2D eigenvalue weighted by atomic mass is 9.97. The van der Waals surface area contributed by atoms with Crippen LogP contribution >= 0.6 is 11.0 Å². The van der Waals surface area contributed by atoms with Gasteiger partial charge in [0.15, 0.2) is 0 Å². The summed E-state index contributed by atoms with van der Waals surface area (Å²) in [5, 5.41) is 30.6. The molecule has 170 valence electrons. The van der Waals surface area contributed by atoms with Crippen molar-refractivity contribution >= 4 is 33.4 Å². The van der Waals surface area contributed by atoms with E-state index in [9.17, 15) is 24.1 Å². The number of fused-ring (bicyclic) bond motifs is 1. The van der Waals surface area contributed by atoms with Crippen LogP contribution < -0.4 is 9.03 Å². The van der Waals surface area contributed by atoms with E-state index in [-0.39, 0.29) is 24.4 Å². The molecule has 3 aromatic rings. The van der Waals surface area contributed by atoms with Crippen molar-refractivity contribution in [3.63, 3.8) is 0 Å². The number of rotatable bonds is 7. The zero-order chi connectivity index (χ0) is 22.9. The lowest BCUT2D eigenvalue weighted by Gasteiger charge is -2.37. The largest absolute Gasteiger partial charge is 0.506 e. The second-order valence-electron chi connectivity index (χ2n) is 7.92. The molecule has 0 amide bonds. The Morgan fingerprint density at radius 3 is 2.53 bits per heavy atom. The monoisotopic (exact) mass is 458 g/mol. The maximum absolute atomic E-state index is 10.7. The molecule has 1 aliphatic heterocycles. The fourth-order valence-corrected chi connectivity index (χ4v) is 5.28. The first-order valence-corrected chi connectivity index (χ1v) is 11.8. The average Bonchev–Trinajstić information content (AvgIpc) is 3.02. The number of carbonyl (C=O) groups is 1. The fraction of sp³-hybridized carbons (Fsp3) is 0.261. The van der Waals surface area contributed by atoms with Crippen LogP contribution in [0.15, 0.2) is 54.6 Å². The summed E-state index contributed by atoms with van der Waals surface area (Å²) in [6.45, 7) is -0.0645. The third kappa shape index (κ3) is 4.82. The molecule has 0 aromatic heterocycles. The van der Waals surface area contributed by atoms with E-state index in [0.29, 0.717) is 6.42 Å². The van der Waals surface area contributed by atoms with Crippen LogP contribution in [-0.2, 0) is 11.2 Å². The number of aromatic hydroxyl groups is 1. The molecule has 1 saturated heterocycles. The predicted molar refractivity (Wildman–Crippen MR) is 126 cm³/mol. The van der Waals surface area contributed by atoms with Gasteiger partial charge in [0, 0.05) is 6.42 Å². The van der Waals surface area contributed by atoms with E-state index in [1.165, 1.54) is 4.31 Å². The number of hydrogen-bond acceptors (Lipinski definition) is 7. The number of aliphatic hydroxyl groups excluding tert-OH is 1. The molecule has 8 nitrogen and oxygen atoms in total. The van der Waals surface area contributed by atoms with Gasteiger partial charge in [-0.05, 0) is 64.9 Å². The zero-order valence-electron chi connectivity index (χ0n) is 17.3. The van der Waals surface area contributed by atoms with E-state index in [2.05, 4.69) is 10.8 Å². The molecule has 1 fully saturated rings. The highest BCUT2D eigenvalue weighted by molar-refractivity contribution is 8.24. The number of aryl methyl sites for hydroxylation is 1. The van der Waals surface area contributed by atoms with Crippen LogP contribution in [0.3, 0.4) is 0 Å². The molecule has 0 bridgehead atoms. The number of nitrogens with zero attached hydrogens (tertiary/aromatic N) is 1. The van der Waals surface area contributed by atoms with Gasteiger partial charge >= 0.3 is 5.97 Å². The second kappa shape index (κ2) is 8.97. The van der Waals surface area contributed by atoms with Crippen LogP contribution in [0.5, 0.6) is 5.75 Å². The van der Waals surface area contributed by atoms with Gasteiger partial charge < -0.3 is 15.3 Å². The van der Waals surface area contributed by atoms with Crippen LogP contribution in [0.4, 0.5) is 5.69 Å². The molecule has 0 saturated carbocycles. The van der Waals surface area contributed by atoms with Crippen molar-refractivity contribution in [1.29, 1.82) is 0 Å². The number of anilines is 1. The van der Waals surface area contributed by atoms with Gasteiger partial charge in [-0.25, -0.2) is 0 Å². The van der Waals surface area contributed by atoms with Gasteiger partial charge in [0.1, 0.15) is 17.7 Å². The number of β-amino-alcohol motifs (C(OH)–C–C–N with tert-alkyl or cyclic N) is 1. The number of hydrogen-bond donors (Lipinski definition) is 6. The summed E-state index contributed by atoms with van der Waals surface area (Å²) in [4.78, 5) is 10.7. The minimum absolute atomic E-state index is 0.0645. The molecule has 32 heavy (non-hydrogen) atoms. The van der Waals surface area contributed by atoms with Crippen molar-refractivity contribution in [3.8, 4) is 16.9 Å². The maximum Gasteiger partial charge on any atom is 0.303 e. The molecular weight excluding hydrogens is 432 g/mol. The molecule has 1 atom stereocenters. The first-order chi connectivity index (χ1) is 15.2. The highest BCUT2D eigenvalue weighted by atomic mass is 32.3. The topological polar surface area (TPSA) is 133 Å². The number of carboxylic acid groups (broad SMARTS) is 1. The Bertz CT molecular complexity index is 1150. The van der Waals surface area contributed by atoms with E-state index in [1.54, 1.807) is 12.1 Å². The maximum atomic E-state index is 10.7. The molecule has 1 heterocycles. The van der Waals surface area contributed by atoms with Gasteiger partial charge in [0.05, 0.1) is 6.54 Å². The molecule has 0 aliphatic carbocycles. The van der Waals surface area contributed by atoms with Crippen LogP contribution in [0.1, 0.15) is 24.8 Å². The molecule has 1 unspecified atom stereocenters. The third-order valence-corrected chi connectivity index (χ3v) is 7.06. The van der Waals surface area contributed by atoms with Gasteiger partial charge in [-0.3, -0.25) is 18.2 Å². The highest BCUT2D eigenvalue weighted by Gasteiger charge is 2.36. The van der Waals surface area contributed by atoms with Gasteiger partial charge in [-0.1, -0.05) is 47.4 Å². The van der Waals surface area contributed by atoms with Crippen LogP contribution in [0.25, 0.3) is 21.9 Å². The van der Waals surface area contributed by atoms with Crippen molar-refractivity contribution in [2.75, 3.05) is 10.8 Å². The Balaban J connectivity index is 1.62. The molecule has 3 aromatic carbocycles. The normalized spacial score (nSPS) is 18.7. The average molecular weight is 459 g/mol. The van der Waals surface area contributed by atoms with Gasteiger partial charge in [-0.2, -0.15) is 4.72 Å². The van der Waals surface area contributed by atoms with E-state index in [4.69, 9.17) is 5.11 Å². The Kier molecular flexibility index (Phi) is 6.27. The minimum atomic E-state index is -3.43. The second-order valence-corrected chi connectivity index (χ2v) is 9.63. The van der Waals surface area contributed by atoms with Gasteiger partial charge in [0.25, 0.3) is 0 Å². The first-order valence-electron chi connectivity index (χ1n) is 10.3. The van der Waals surface area contributed by atoms with Crippen molar-refractivity contribution in [2.24, 2.45) is 0 Å². The standard InChI is InChI=1S/C23H26N2O6S/c26-21-13-18-9-8-17(16-6-3-5-15(10-16)4-1-2-7-23(28)29)11-19(18)12-20(21)25-14-22(27)24-32(25,30)31/h3,5-6,8-13,22,24,26-27,30-31H,1-2,4,7,14H2,(H,28,29). The molecular formula is C23H26N2O6S. The number of aliphatic carboxylic acids is 1. The summed E-state index contributed by atoms with van der Waals surface area (Å²) in [6, 6.07) is 17.1.